The summed E-state index contributed by atoms with van der Waals surface area (Å²) in [4.78, 5) is 15.7. The van der Waals surface area contributed by atoms with Gasteiger partial charge in [0.1, 0.15) is 18.2 Å². The Labute approximate surface area is 215 Å². The number of para-hydroxylation sites is 1. The summed E-state index contributed by atoms with van der Waals surface area (Å²) in [5, 5.41) is 1.85. The first-order chi connectivity index (χ1) is 17.5. The first-order valence-corrected chi connectivity index (χ1v) is 12.7. The molecule has 6 rings (SSSR count). The van der Waals surface area contributed by atoms with Gasteiger partial charge in [0, 0.05) is 58.4 Å². The molecule has 6 heteroatoms. The number of Topliss-reactive ketones (excluding diaryl/α,β-unsaturated/α-hetero) is 1. The third kappa shape index (κ3) is 3.98. The van der Waals surface area contributed by atoms with Crippen molar-refractivity contribution in [2.24, 2.45) is 0 Å². The second-order valence-corrected chi connectivity index (χ2v) is 9.83. The number of carbonyl (C=O) groups is 1. The monoisotopic (exact) mass is 498 g/mol. The van der Waals surface area contributed by atoms with E-state index in [-0.39, 0.29) is 5.78 Å². The van der Waals surface area contributed by atoms with Crippen LogP contribution in [0.2, 0.25) is 5.02 Å². The third-order valence-electron chi connectivity index (χ3n) is 7.08. The predicted octanol–water partition coefficient (Wildman–Crippen LogP) is 6.63. The molecule has 3 aromatic carbocycles. The van der Waals surface area contributed by atoms with Crippen molar-refractivity contribution in [3.05, 3.63) is 99.4 Å². The summed E-state index contributed by atoms with van der Waals surface area (Å²) < 4.78 is 14.5. The Morgan fingerprint density at radius 3 is 2.69 bits per heavy atom. The van der Waals surface area contributed by atoms with Crippen LogP contribution in [0.3, 0.4) is 0 Å². The number of ether oxygens (including phenoxy) is 2. The molecule has 0 aliphatic carbocycles. The lowest BCUT2D eigenvalue weighted by Crippen LogP contribution is -2.34. The Morgan fingerprint density at radius 2 is 1.89 bits per heavy atom. The van der Waals surface area contributed by atoms with Gasteiger partial charge in [-0.05, 0) is 56.2 Å². The van der Waals surface area contributed by atoms with Gasteiger partial charge in [0.05, 0.1) is 5.56 Å². The van der Waals surface area contributed by atoms with E-state index in [1.54, 1.807) is 0 Å². The molecular weight excluding hydrogens is 472 g/mol. The second kappa shape index (κ2) is 9.16. The van der Waals surface area contributed by atoms with Crippen LogP contribution in [-0.2, 0) is 19.5 Å². The summed E-state index contributed by atoms with van der Waals surface area (Å²) in [6.45, 7) is 7.04. The van der Waals surface area contributed by atoms with E-state index in [9.17, 15) is 4.79 Å². The molecule has 0 bridgehead atoms. The Balaban J connectivity index is 1.26. The van der Waals surface area contributed by atoms with Gasteiger partial charge in [0.15, 0.2) is 5.76 Å². The number of carbonyl (C=O) groups excluding carboxylic acids is 1. The van der Waals surface area contributed by atoms with E-state index in [0.717, 1.165) is 64.4 Å². The summed E-state index contributed by atoms with van der Waals surface area (Å²) >= 11 is 6.01. The van der Waals surface area contributed by atoms with Crippen LogP contribution in [0.4, 0.5) is 0 Å². The largest absolute Gasteiger partial charge is 0.477 e. The van der Waals surface area contributed by atoms with Crippen molar-refractivity contribution < 1.29 is 14.3 Å². The van der Waals surface area contributed by atoms with Crippen molar-refractivity contribution >= 4 is 34.4 Å². The van der Waals surface area contributed by atoms with Crippen molar-refractivity contribution in [2.45, 2.75) is 33.4 Å². The lowest BCUT2D eigenvalue weighted by molar-refractivity contribution is 0.0954. The number of allylic oxidation sites excluding steroid dienone is 1. The van der Waals surface area contributed by atoms with Crippen molar-refractivity contribution in [1.82, 2.24) is 9.47 Å². The number of benzene rings is 3. The van der Waals surface area contributed by atoms with Crippen LogP contribution < -0.4 is 9.47 Å². The number of hydrogen-bond donors (Lipinski definition) is 0. The maximum atomic E-state index is 13.4. The zero-order valence-electron chi connectivity index (χ0n) is 20.4. The number of rotatable bonds is 5. The van der Waals surface area contributed by atoms with Gasteiger partial charge in [-0.1, -0.05) is 41.9 Å². The molecule has 36 heavy (non-hydrogen) atoms. The van der Waals surface area contributed by atoms with Crippen LogP contribution in [-0.4, -0.2) is 28.5 Å². The number of aromatic nitrogens is 1. The average Bonchev–Trinajstić information content (AvgIpc) is 3.41. The van der Waals surface area contributed by atoms with Crippen molar-refractivity contribution in [3.63, 3.8) is 0 Å². The highest BCUT2D eigenvalue weighted by Crippen LogP contribution is 2.43. The van der Waals surface area contributed by atoms with Gasteiger partial charge < -0.3 is 14.0 Å². The van der Waals surface area contributed by atoms with Crippen LogP contribution in [0.5, 0.6) is 11.5 Å². The minimum Gasteiger partial charge on any atom is -0.477 e. The van der Waals surface area contributed by atoms with Crippen molar-refractivity contribution in [1.29, 1.82) is 0 Å². The summed E-state index contributed by atoms with van der Waals surface area (Å²) in [6, 6.07) is 18.1. The number of aryl methyl sites for hydroxylation is 1. The Kier molecular flexibility index (Phi) is 5.82. The van der Waals surface area contributed by atoms with Gasteiger partial charge in [0.2, 0.25) is 5.78 Å². The van der Waals surface area contributed by atoms with Crippen LogP contribution in [0.15, 0.2) is 66.6 Å². The van der Waals surface area contributed by atoms with E-state index < -0.39 is 0 Å². The Hall–Kier alpha value is -3.54. The molecule has 0 amide bonds. The lowest BCUT2D eigenvalue weighted by Gasteiger charge is -2.30. The predicted molar refractivity (Wildman–Crippen MR) is 143 cm³/mol. The van der Waals surface area contributed by atoms with E-state index in [2.05, 4.69) is 46.9 Å². The molecule has 0 radical (unpaired) electrons. The molecule has 5 nitrogen and oxygen atoms in total. The maximum absolute atomic E-state index is 13.4. The molecule has 0 saturated carbocycles. The number of halogens is 1. The fourth-order valence-corrected chi connectivity index (χ4v) is 5.30. The zero-order chi connectivity index (χ0) is 24.8. The minimum absolute atomic E-state index is 0.0810. The summed E-state index contributed by atoms with van der Waals surface area (Å²) in [5.74, 6) is 1.71. The molecule has 0 unspecified atom stereocenters. The lowest BCUT2D eigenvalue weighted by atomic mass is 9.99. The topological polar surface area (TPSA) is 43.7 Å². The molecule has 2 aliphatic rings. The number of fused-ring (bicyclic) bond motifs is 3. The normalized spacial score (nSPS) is 16.2. The highest BCUT2D eigenvalue weighted by Gasteiger charge is 2.33. The third-order valence-corrected chi connectivity index (χ3v) is 7.33. The molecular formula is C30H27ClN2O3. The molecule has 182 valence electrons. The average molecular weight is 499 g/mol. The first kappa shape index (κ1) is 22.9. The van der Waals surface area contributed by atoms with Crippen molar-refractivity contribution in [2.75, 3.05) is 13.3 Å². The first-order valence-electron chi connectivity index (χ1n) is 12.3. The van der Waals surface area contributed by atoms with E-state index in [0.29, 0.717) is 23.8 Å². The SMILES string of the molecule is CCn1cc(/C=C2\Oc3c(cc4c(c3C)OCN(CCc3ccc(Cl)cc3)C4)C2=O)c2ccccc21. The molecule has 0 atom stereocenters. The molecule has 2 aliphatic heterocycles. The fourth-order valence-electron chi connectivity index (χ4n) is 5.17. The molecule has 0 N–H and O–H groups in total. The number of ketones is 1. The van der Waals surface area contributed by atoms with Gasteiger partial charge in [-0.15, -0.1) is 0 Å². The Bertz CT molecular complexity index is 1520. The highest BCUT2D eigenvalue weighted by atomic mass is 35.5. The molecule has 1 aromatic heterocycles. The van der Waals surface area contributed by atoms with Gasteiger partial charge in [0.25, 0.3) is 0 Å². The zero-order valence-corrected chi connectivity index (χ0v) is 21.1. The maximum Gasteiger partial charge on any atom is 0.231 e. The van der Waals surface area contributed by atoms with Gasteiger partial charge >= 0.3 is 0 Å². The fraction of sp³-hybridized carbons (Fsp3) is 0.233. The number of nitrogens with zero attached hydrogens (tertiary/aromatic N) is 2. The van der Waals surface area contributed by atoms with Crippen LogP contribution in [0.1, 0.15) is 39.5 Å². The number of hydrogen-bond acceptors (Lipinski definition) is 4. The highest BCUT2D eigenvalue weighted by molar-refractivity contribution is 6.30. The summed E-state index contributed by atoms with van der Waals surface area (Å²) in [7, 11) is 0. The van der Waals surface area contributed by atoms with E-state index >= 15 is 0 Å². The molecule has 0 spiro atoms. The van der Waals surface area contributed by atoms with E-state index in [1.807, 2.05) is 43.3 Å². The van der Waals surface area contributed by atoms with E-state index in [1.165, 1.54) is 5.56 Å². The van der Waals surface area contributed by atoms with Crippen molar-refractivity contribution in [3.8, 4) is 11.5 Å². The summed E-state index contributed by atoms with van der Waals surface area (Å²) in [5.41, 5.74) is 5.88. The van der Waals surface area contributed by atoms with Gasteiger partial charge in [-0.25, -0.2) is 0 Å². The van der Waals surface area contributed by atoms with Crippen LogP contribution in [0.25, 0.3) is 17.0 Å². The molecule has 4 aromatic rings. The Morgan fingerprint density at radius 1 is 1.08 bits per heavy atom. The summed E-state index contributed by atoms with van der Waals surface area (Å²) in [6.07, 6.45) is 4.85. The molecule has 3 heterocycles. The molecule has 0 saturated heterocycles. The standard InChI is InChI=1S/C30H27ClN2O3/c1-3-33-17-21(24-6-4-5-7-26(24)33)15-27-28(34)25-14-22-16-32(13-12-20-8-10-23(31)11-9-20)18-35-29(22)19(2)30(25)36-27/h4-11,14-15,17H,3,12-13,16,18H2,1-2H3/b27-15-. The quantitative estimate of drug-likeness (QED) is 0.289. The van der Waals surface area contributed by atoms with Gasteiger partial charge in [-0.3, -0.25) is 9.69 Å². The molecule has 0 fully saturated rings. The van der Waals surface area contributed by atoms with Crippen LogP contribution >= 0.6 is 11.6 Å². The van der Waals surface area contributed by atoms with Gasteiger partial charge in [-0.2, -0.15) is 0 Å². The second-order valence-electron chi connectivity index (χ2n) is 9.40. The minimum atomic E-state index is -0.0810. The van der Waals surface area contributed by atoms with Crippen LogP contribution in [0, 0.1) is 6.92 Å². The smallest absolute Gasteiger partial charge is 0.231 e. The van der Waals surface area contributed by atoms with E-state index in [4.69, 9.17) is 21.1 Å².